The molecule has 122 valence electrons. The number of rotatable bonds is 4. The molecule has 0 aromatic carbocycles. The maximum Gasteiger partial charge on any atom is 0.234 e. The van der Waals surface area contributed by atoms with Gasteiger partial charge in [0, 0.05) is 25.1 Å². The number of aromatic nitrogens is 1. The van der Waals surface area contributed by atoms with Crippen molar-refractivity contribution in [3.8, 4) is 0 Å². The van der Waals surface area contributed by atoms with Gasteiger partial charge in [-0.15, -0.1) is 0 Å². The minimum atomic E-state index is -0.280. The van der Waals surface area contributed by atoms with Crippen LogP contribution in [0.2, 0.25) is 0 Å². The second-order valence-corrected chi connectivity index (χ2v) is 6.34. The standard InChI is InChI=1S/C17H21N3O3/c21-11-12-5-7-20(8-6-12)10-14-2-1-13(9-18-14)15-3-4-16(22)19-17(15)23/h1-2,9,11-12,15H,3-8,10H2,(H,19,22,23). The molecule has 1 aromatic rings. The summed E-state index contributed by atoms with van der Waals surface area (Å²) < 4.78 is 0. The van der Waals surface area contributed by atoms with Gasteiger partial charge in [0.25, 0.3) is 0 Å². The molecule has 2 saturated heterocycles. The first-order chi connectivity index (χ1) is 11.2. The van der Waals surface area contributed by atoms with E-state index in [0.29, 0.717) is 12.8 Å². The smallest absolute Gasteiger partial charge is 0.234 e. The molecular formula is C17H21N3O3. The van der Waals surface area contributed by atoms with Crippen LogP contribution >= 0.6 is 0 Å². The van der Waals surface area contributed by atoms with E-state index < -0.39 is 0 Å². The largest absolute Gasteiger partial charge is 0.303 e. The Morgan fingerprint density at radius 1 is 1.22 bits per heavy atom. The van der Waals surface area contributed by atoms with Crippen LogP contribution in [0.5, 0.6) is 0 Å². The van der Waals surface area contributed by atoms with Gasteiger partial charge in [0.1, 0.15) is 6.29 Å². The number of pyridine rings is 1. The summed E-state index contributed by atoms with van der Waals surface area (Å²) in [6.07, 6.45) is 5.56. The van der Waals surface area contributed by atoms with Crippen LogP contribution in [-0.2, 0) is 20.9 Å². The maximum absolute atomic E-state index is 11.9. The van der Waals surface area contributed by atoms with Gasteiger partial charge in [-0.1, -0.05) is 6.07 Å². The predicted molar refractivity (Wildman–Crippen MR) is 83.4 cm³/mol. The second-order valence-electron chi connectivity index (χ2n) is 6.34. The van der Waals surface area contributed by atoms with E-state index in [4.69, 9.17) is 0 Å². The summed E-state index contributed by atoms with van der Waals surface area (Å²) in [5.74, 6) is -0.506. The summed E-state index contributed by atoms with van der Waals surface area (Å²) in [5.41, 5.74) is 1.82. The molecule has 1 unspecified atom stereocenters. The van der Waals surface area contributed by atoms with E-state index in [-0.39, 0.29) is 23.7 Å². The molecule has 0 spiro atoms. The summed E-state index contributed by atoms with van der Waals surface area (Å²) >= 11 is 0. The zero-order valence-electron chi connectivity index (χ0n) is 13.0. The summed E-state index contributed by atoms with van der Waals surface area (Å²) in [4.78, 5) is 40.6. The fourth-order valence-corrected chi connectivity index (χ4v) is 3.22. The molecule has 0 bridgehead atoms. The van der Waals surface area contributed by atoms with Crippen molar-refractivity contribution < 1.29 is 14.4 Å². The van der Waals surface area contributed by atoms with Crippen molar-refractivity contribution in [1.82, 2.24) is 15.2 Å². The zero-order chi connectivity index (χ0) is 16.2. The molecule has 1 N–H and O–H groups in total. The van der Waals surface area contributed by atoms with Gasteiger partial charge in [-0.25, -0.2) is 0 Å². The summed E-state index contributed by atoms with van der Waals surface area (Å²) in [5, 5.41) is 2.38. The molecule has 6 heteroatoms. The topological polar surface area (TPSA) is 79.4 Å². The monoisotopic (exact) mass is 315 g/mol. The molecule has 23 heavy (non-hydrogen) atoms. The third kappa shape index (κ3) is 3.82. The molecular weight excluding hydrogens is 294 g/mol. The Morgan fingerprint density at radius 3 is 2.61 bits per heavy atom. The molecule has 3 heterocycles. The van der Waals surface area contributed by atoms with Crippen LogP contribution in [0.15, 0.2) is 18.3 Å². The van der Waals surface area contributed by atoms with Crippen LogP contribution in [0.1, 0.15) is 42.9 Å². The SMILES string of the molecule is O=CC1CCN(Cc2ccc(C3CCC(=O)NC3=O)cn2)CC1. The van der Waals surface area contributed by atoms with Crippen molar-refractivity contribution in [2.24, 2.45) is 5.92 Å². The molecule has 1 atom stereocenters. The molecule has 2 aliphatic heterocycles. The highest BCUT2D eigenvalue weighted by molar-refractivity contribution is 6.00. The number of nitrogens with zero attached hydrogens (tertiary/aromatic N) is 2. The maximum atomic E-state index is 11.9. The van der Waals surface area contributed by atoms with Crippen molar-refractivity contribution in [3.05, 3.63) is 29.6 Å². The van der Waals surface area contributed by atoms with Gasteiger partial charge in [0.15, 0.2) is 0 Å². The third-order valence-electron chi connectivity index (χ3n) is 4.70. The van der Waals surface area contributed by atoms with Gasteiger partial charge in [0.05, 0.1) is 11.6 Å². The summed E-state index contributed by atoms with van der Waals surface area (Å²) in [6, 6.07) is 3.88. The number of imide groups is 1. The first kappa shape index (κ1) is 15.8. The van der Waals surface area contributed by atoms with Crippen molar-refractivity contribution >= 4 is 18.1 Å². The van der Waals surface area contributed by atoms with Gasteiger partial charge in [-0.2, -0.15) is 0 Å². The van der Waals surface area contributed by atoms with Crippen LogP contribution in [0.25, 0.3) is 0 Å². The van der Waals surface area contributed by atoms with Crippen LogP contribution in [0.4, 0.5) is 0 Å². The number of amides is 2. The fraction of sp³-hybridized carbons (Fsp3) is 0.529. The van der Waals surface area contributed by atoms with Crippen LogP contribution in [0.3, 0.4) is 0 Å². The molecule has 0 aliphatic carbocycles. The number of hydrogen-bond donors (Lipinski definition) is 1. The Labute approximate surface area is 135 Å². The van der Waals surface area contributed by atoms with Gasteiger partial charge in [-0.05, 0) is 44.0 Å². The number of hydrogen-bond acceptors (Lipinski definition) is 5. The van der Waals surface area contributed by atoms with E-state index in [2.05, 4.69) is 15.2 Å². The van der Waals surface area contributed by atoms with Gasteiger partial charge >= 0.3 is 0 Å². The molecule has 6 nitrogen and oxygen atoms in total. The number of piperidine rings is 2. The van der Waals surface area contributed by atoms with Crippen LogP contribution in [-0.4, -0.2) is 41.1 Å². The number of likely N-dealkylation sites (tertiary alicyclic amines) is 1. The van der Waals surface area contributed by atoms with Crippen molar-refractivity contribution in [2.45, 2.75) is 38.1 Å². The molecule has 0 radical (unpaired) electrons. The Hall–Kier alpha value is -2.08. The summed E-state index contributed by atoms with van der Waals surface area (Å²) in [6.45, 7) is 2.60. The van der Waals surface area contributed by atoms with Crippen LogP contribution < -0.4 is 5.32 Å². The minimum absolute atomic E-state index is 0.199. The van der Waals surface area contributed by atoms with Crippen molar-refractivity contribution in [1.29, 1.82) is 0 Å². The third-order valence-corrected chi connectivity index (χ3v) is 4.70. The number of nitrogens with one attached hydrogen (secondary N) is 1. The average molecular weight is 315 g/mol. The number of aldehydes is 1. The normalized spacial score (nSPS) is 23.6. The average Bonchev–Trinajstić information content (AvgIpc) is 2.57. The molecule has 3 rings (SSSR count). The highest BCUT2D eigenvalue weighted by atomic mass is 16.2. The van der Waals surface area contributed by atoms with Gasteiger partial charge in [0.2, 0.25) is 11.8 Å². The second kappa shape index (κ2) is 7.00. The lowest BCUT2D eigenvalue weighted by Crippen LogP contribution is -2.39. The Morgan fingerprint density at radius 2 is 2.00 bits per heavy atom. The summed E-state index contributed by atoms with van der Waals surface area (Å²) in [7, 11) is 0. The quantitative estimate of drug-likeness (QED) is 0.663. The Balaban J connectivity index is 1.58. The highest BCUT2D eigenvalue weighted by Crippen LogP contribution is 2.24. The van der Waals surface area contributed by atoms with E-state index in [1.165, 1.54) is 0 Å². The van der Waals surface area contributed by atoms with Crippen molar-refractivity contribution in [2.75, 3.05) is 13.1 Å². The van der Waals surface area contributed by atoms with E-state index in [1.807, 2.05) is 12.1 Å². The highest BCUT2D eigenvalue weighted by Gasteiger charge is 2.28. The predicted octanol–water partition coefficient (Wildman–Crippen LogP) is 1.01. The van der Waals surface area contributed by atoms with E-state index in [0.717, 1.165) is 50.0 Å². The molecule has 2 fully saturated rings. The fourth-order valence-electron chi connectivity index (χ4n) is 3.22. The van der Waals surface area contributed by atoms with E-state index in [1.54, 1.807) is 6.20 Å². The lowest BCUT2D eigenvalue weighted by atomic mass is 9.91. The van der Waals surface area contributed by atoms with Crippen LogP contribution in [0, 0.1) is 5.92 Å². The molecule has 2 aliphatic rings. The van der Waals surface area contributed by atoms with E-state index in [9.17, 15) is 14.4 Å². The Kier molecular flexibility index (Phi) is 4.81. The number of carbonyl (C=O) groups is 3. The Bertz CT molecular complexity index is 592. The lowest BCUT2D eigenvalue weighted by Gasteiger charge is -2.29. The molecule has 2 amide bonds. The van der Waals surface area contributed by atoms with E-state index >= 15 is 0 Å². The van der Waals surface area contributed by atoms with Gasteiger partial charge < -0.3 is 4.79 Å². The van der Waals surface area contributed by atoms with Gasteiger partial charge in [-0.3, -0.25) is 24.8 Å². The first-order valence-corrected chi connectivity index (χ1v) is 8.12. The number of carbonyl (C=O) groups excluding carboxylic acids is 3. The molecule has 0 saturated carbocycles. The lowest BCUT2D eigenvalue weighted by molar-refractivity contribution is -0.134. The molecule has 1 aromatic heterocycles. The first-order valence-electron chi connectivity index (χ1n) is 8.12. The zero-order valence-corrected chi connectivity index (χ0v) is 13.0. The van der Waals surface area contributed by atoms with Crippen molar-refractivity contribution in [3.63, 3.8) is 0 Å². The minimum Gasteiger partial charge on any atom is -0.303 e.